The van der Waals surface area contributed by atoms with Crippen molar-refractivity contribution in [3.63, 3.8) is 0 Å². The van der Waals surface area contributed by atoms with E-state index in [0.717, 1.165) is 12.0 Å². The van der Waals surface area contributed by atoms with Gasteiger partial charge >= 0.3 is 0 Å². The van der Waals surface area contributed by atoms with Gasteiger partial charge in [0.1, 0.15) is 11.5 Å². The van der Waals surface area contributed by atoms with Crippen LogP contribution in [0, 0.1) is 11.8 Å². The number of aliphatic hydroxyl groups excluding tert-OH is 1. The molecule has 6 nitrogen and oxygen atoms in total. The molecule has 3 N–H and O–H groups in total. The predicted octanol–water partition coefficient (Wildman–Crippen LogP) is 2.36. The topological polar surface area (TPSA) is 98.8 Å². The van der Waals surface area contributed by atoms with Crippen LogP contribution in [0.1, 0.15) is 35.2 Å². The Hall–Kier alpha value is -2.60. The van der Waals surface area contributed by atoms with Crippen molar-refractivity contribution in [1.29, 1.82) is 0 Å². The highest BCUT2D eigenvalue weighted by atomic mass is 16.6. The SMILES string of the molecule is C=CCC1CC(CCc2ccc(OC)c(C(N)=O)c2)C(OCO)=CC1=O. The third kappa shape index (κ3) is 4.73. The van der Waals surface area contributed by atoms with E-state index in [4.69, 9.17) is 20.3 Å². The molecule has 0 aromatic heterocycles. The minimum atomic E-state index is -0.540. The third-order valence-electron chi connectivity index (χ3n) is 4.65. The van der Waals surface area contributed by atoms with Crippen LogP contribution in [0.15, 0.2) is 42.7 Å². The number of hydrogen-bond donors (Lipinski definition) is 2. The first-order chi connectivity index (χ1) is 12.5. The second kappa shape index (κ2) is 9.20. The van der Waals surface area contributed by atoms with Gasteiger partial charge in [0.25, 0.3) is 5.91 Å². The van der Waals surface area contributed by atoms with E-state index in [-0.39, 0.29) is 17.6 Å². The largest absolute Gasteiger partial charge is 0.496 e. The maximum atomic E-state index is 12.1. The molecule has 0 spiro atoms. The summed E-state index contributed by atoms with van der Waals surface area (Å²) in [4.78, 5) is 23.7. The smallest absolute Gasteiger partial charge is 0.252 e. The average molecular weight is 359 g/mol. The summed E-state index contributed by atoms with van der Waals surface area (Å²) in [5, 5.41) is 9.08. The average Bonchev–Trinajstić information content (AvgIpc) is 2.63. The molecular weight excluding hydrogens is 334 g/mol. The molecule has 0 aliphatic heterocycles. The molecule has 140 valence electrons. The van der Waals surface area contributed by atoms with Gasteiger partial charge in [-0.2, -0.15) is 0 Å². The first-order valence-electron chi connectivity index (χ1n) is 8.56. The molecule has 2 rings (SSSR count). The lowest BCUT2D eigenvalue weighted by atomic mass is 9.80. The van der Waals surface area contributed by atoms with E-state index in [0.29, 0.717) is 36.3 Å². The highest BCUT2D eigenvalue weighted by Gasteiger charge is 2.30. The molecule has 1 aliphatic rings. The van der Waals surface area contributed by atoms with Crippen molar-refractivity contribution in [1.82, 2.24) is 0 Å². The summed E-state index contributed by atoms with van der Waals surface area (Å²) in [6, 6.07) is 5.34. The van der Waals surface area contributed by atoms with E-state index in [1.54, 1.807) is 18.2 Å². The Morgan fingerprint density at radius 2 is 2.19 bits per heavy atom. The Morgan fingerprint density at radius 3 is 2.81 bits per heavy atom. The van der Waals surface area contributed by atoms with Gasteiger partial charge in [-0.25, -0.2) is 0 Å². The molecule has 1 aromatic rings. The first kappa shape index (κ1) is 19.7. The third-order valence-corrected chi connectivity index (χ3v) is 4.65. The van der Waals surface area contributed by atoms with Crippen LogP contribution in [-0.4, -0.2) is 30.7 Å². The monoisotopic (exact) mass is 359 g/mol. The predicted molar refractivity (Wildman–Crippen MR) is 97.5 cm³/mol. The molecule has 1 amide bonds. The van der Waals surface area contributed by atoms with Crippen molar-refractivity contribution in [2.75, 3.05) is 13.9 Å². The van der Waals surface area contributed by atoms with Crippen LogP contribution in [0.25, 0.3) is 0 Å². The molecule has 0 heterocycles. The van der Waals surface area contributed by atoms with Gasteiger partial charge in [-0.3, -0.25) is 9.59 Å². The molecule has 1 aliphatic carbocycles. The molecule has 2 unspecified atom stereocenters. The molecule has 0 radical (unpaired) electrons. The van der Waals surface area contributed by atoms with Crippen molar-refractivity contribution >= 4 is 11.7 Å². The van der Waals surface area contributed by atoms with E-state index in [1.165, 1.54) is 13.2 Å². The number of aryl methyl sites for hydroxylation is 1. The lowest BCUT2D eigenvalue weighted by Gasteiger charge is -2.28. The number of ether oxygens (including phenoxy) is 2. The van der Waals surface area contributed by atoms with Crippen LogP contribution < -0.4 is 10.5 Å². The Bertz CT molecular complexity index is 710. The zero-order valence-electron chi connectivity index (χ0n) is 14.9. The molecule has 0 saturated carbocycles. The van der Waals surface area contributed by atoms with E-state index >= 15 is 0 Å². The van der Waals surface area contributed by atoms with E-state index in [2.05, 4.69) is 6.58 Å². The number of carbonyl (C=O) groups excluding carboxylic acids is 2. The number of amides is 1. The summed E-state index contributed by atoms with van der Waals surface area (Å²) in [5.74, 6) is 0.331. The molecule has 2 atom stereocenters. The van der Waals surface area contributed by atoms with Gasteiger partial charge in [-0.1, -0.05) is 12.1 Å². The number of primary amides is 1. The zero-order valence-corrected chi connectivity index (χ0v) is 14.9. The number of hydrogen-bond acceptors (Lipinski definition) is 5. The zero-order chi connectivity index (χ0) is 19.1. The van der Waals surface area contributed by atoms with Crippen LogP contribution in [-0.2, 0) is 16.0 Å². The minimum Gasteiger partial charge on any atom is -0.496 e. The van der Waals surface area contributed by atoms with Crippen molar-refractivity contribution in [2.24, 2.45) is 17.6 Å². The summed E-state index contributed by atoms with van der Waals surface area (Å²) < 4.78 is 10.4. The summed E-state index contributed by atoms with van der Waals surface area (Å²) in [5.41, 5.74) is 6.69. The summed E-state index contributed by atoms with van der Waals surface area (Å²) >= 11 is 0. The molecule has 0 bridgehead atoms. The molecule has 26 heavy (non-hydrogen) atoms. The van der Waals surface area contributed by atoms with Crippen molar-refractivity contribution in [3.8, 4) is 5.75 Å². The van der Waals surface area contributed by atoms with Crippen LogP contribution >= 0.6 is 0 Å². The fourth-order valence-corrected chi connectivity index (χ4v) is 3.30. The van der Waals surface area contributed by atoms with Gasteiger partial charge in [-0.15, -0.1) is 6.58 Å². The maximum Gasteiger partial charge on any atom is 0.252 e. The van der Waals surface area contributed by atoms with Crippen molar-refractivity contribution in [2.45, 2.75) is 25.7 Å². The lowest BCUT2D eigenvalue weighted by Crippen LogP contribution is -2.25. The van der Waals surface area contributed by atoms with Crippen LogP contribution in [0.4, 0.5) is 0 Å². The quantitative estimate of drug-likeness (QED) is 0.521. The standard InChI is InChI=1S/C20H25NO5/c1-3-4-14-10-15(19(26-12-22)11-17(14)23)7-5-13-6-8-18(25-2)16(9-13)20(21)24/h3,6,8-9,11,14-15,22H,1,4-5,7,10,12H2,2H3,(H2,21,24). The van der Waals surface area contributed by atoms with Gasteiger partial charge < -0.3 is 20.3 Å². The minimum absolute atomic E-state index is 0.00469. The number of methoxy groups -OCH3 is 1. The molecule has 0 saturated heterocycles. The highest BCUT2D eigenvalue weighted by molar-refractivity contribution is 5.95. The van der Waals surface area contributed by atoms with E-state index in [9.17, 15) is 9.59 Å². The number of allylic oxidation sites excluding steroid dienone is 3. The van der Waals surface area contributed by atoms with Gasteiger partial charge in [0.05, 0.1) is 12.7 Å². The maximum absolute atomic E-state index is 12.1. The van der Waals surface area contributed by atoms with Crippen LogP contribution in [0.3, 0.4) is 0 Å². The highest BCUT2D eigenvalue weighted by Crippen LogP contribution is 2.33. The molecular formula is C20H25NO5. The first-order valence-corrected chi connectivity index (χ1v) is 8.56. The fraction of sp³-hybridized carbons (Fsp3) is 0.400. The summed E-state index contributed by atoms with van der Waals surface area (Å²) in [6.45, 7) is 3.24. The fourth-order valence-electron chi connectivity index (χ4n) is 3.30. The Morgan fingerprint density at radius 1 is 1.42 bits per heavy atom. The molecule has 6 heteroatoms. The Labute approximate surface area is 153 Å². The van der Waals surface area contributed by atoms with E-state index < -0.39 is 12.7 Å². The number of aliphatic hydroxyl groups is 1. The van der Waals surface area contributed by atoms with E-state index in [1.807, 2.05) is 6.07 Å². The summed E-state index contributed by atoms with van der Waals surface area (Å²) in [7, 11) is 1.49. The Kier molecular flexibility index (Phi) is 6.97. The van der Waals surface area contributed by atoms with Crippen molar-refractivity contribution in [3.05, 3.63) is 53.8 Å². The molecule has 0 fully saturated rings. The lowest BCUT2D eigenvalue weighted by molar-refractivity contribution is -0.120. The van der Waals surface area contributed by atoms with Gasteiger partial charge in [0.2, 0.25) is 0 Å². The second-order valence-corrected chi connectivity index (χ2v) is 6.31. The number of benzene rings is 1. The number of rotatable bonds is 9. The van der Waals surface area contributed by atoms with Crippen LogP contribution in [0.5, 0.6) is 5.75 Å². The number of carbonyl (C=O) groups is 2. The summed E-state index contributed by atoms with van der Waals surface area (Å²) in [6.07, 6.45) is 5.89. The number of nitrogens with two attached hydrogens (primary N) is 1. The van der Waals surface area contributed by atoms with Crippen LogP contribution in [0.2, 0.25) is 0 Å². The number of ketones is 1. The Balaban J connectivity index is 2.14. The van der Waals surface area contributed by atoms with Gasteiger partial charge in [0, 0.05) is 17.9 Å². The van der Waals surface area contributed by atoms with Crippen molar-refractivity contribution < 1.29 is 24.2 Å². The second-order valence-electron chi connectivity index (χ2n) is 6.31. The van der Waals surface area contributed by atoms with Gasteiger partial charge in [-0.05, 0) is 43.4 Å². The molecule has 1 aromatic carbocycles. The van der Waals surface area contributed by atoms with Gasteiger partial charge in [0.15, 0.2) is 12.6 Å². The normalized spacial score (nSPS) is 19.6.